The van der Waals surface area contributed by atoms with Gasteiger partial charge in [-0.25, -0.2) is 0 Å². The summed E-state index contributed by atoms with van der Waals surface area (Å²) in [5, 5.41) is 7.19. The van der Waals surface area contributed by atoms with E-state index in [9.17, 15) is 0 Å². The van der Waals surface area contributed by atoms with Crippen LogP contribution in [0.1, 0.15) is 0 Å². The summed E-state index contributed by atoms with van der Waals surface area (Å²) in [5.41, 5.74) is 17.6. The summed E-state index contributed by atoms with van der Waals surface area (Å²) in [5.74, 6) is 0. The molecule has 2 aromatic heterocycles. The standard InChI is InChI=1S/C64H42N2O/c1-2-17-45-40-48(35-34-43(45)16-1)47-19-14-21-51(42-47)65(60-30-9-6-25-55(60)57-27-15-28-58-56-26-7-12-33-63(56)67-64(57)58)50-38-36-44(37-39-50)46-18-13-20-49(41-46)52-22-3-8-29-59(52)66-61-31-10-4-23-53(61)54-24-5-11-32-62(54)66/h1-42H. The van der Waals surface area contributed by atoms with Crippen molar-refractivity contribution in [3.63, 3.8) is 0 Å². The molecule has 0 saturated heterocycles. The van der Waals surface area contributed by atoms with E-state index < -0.39 is 0 Å². The Morgan fingerprint density at radius 1 is 0.313 bits per heavy atom. The molecule has 0 spiro atoms. The summed E-state index contributed by atoms with van der Waals surface area (Å²) in [6.07, 6.45) is 0. The SMILES string of the molecule is c1cc(-c2ccc(N(c3cccc(-c4ccc5ccccc5c4)c3)c3ccccc3-c3cccc4c3oc3ccccc34)cc2)cc(-c2ccccc2-n2c3ccccc3c3ccccc32)c1. The highest BCUT2D eigenvalue weighted by Crippen LogP contribution is 2.46. The van der Waals surface area contributed by atoms with Crippen molar-refractivity contribution in [2.45, 2.75) is 0 Å². The van der Waals surface area contributed by atoms with Crippen LogP contribution in [0.4, 0.5) is 17.1 Å². The fourth-order valence-corrected chi connectivity index (χ4v) is 10.2. The Balaban J connectivity index is 0.933. The van der Waals surface area contributed by atoms with E-state index in [1.54, 1.807) is 0 Å². The molecule has 0 unspecified atom stereocenters. The van der Waals surface area contributed by atoms with Crippen molar-refractivity contribution in [3.05, 3.63) is 255 Å². The number of fused-ring (bicyclic) bond motifs is 7. The molecule has 13 aromatic rings. The quantitative estimate of drug-likeness (QED) is 0.152. The summed E-state index contributed by atoms with van der Waals surface area (Å²) >= 11 is 0. The van der Waals surface area contributed by atoms with E-state index >= 15 is 0 Å². The maximum Gasteiger partial charge on any atom is 0.143 e. The lowest BCUT2D eigenvalue weighted by Crippen LogP contribution is -2.11. The third-order valence-electron chi connectivity index (χ3n) is 13.4. The second-order valence-corrected chi connectivity index (χ2v) is 17.3. The molecule has 13 rings (SSSR count). The molecule has 0 atom stereocenters. The van der Waals surface area contributed by atoms with E-state index in [0.29, 0.717) is 0 Å². The average molecular weight is 855 g/mol. The predicted octanol–water partition coefficient (Wildman–Crippen LogP) is 18.0. The second kappa shape index (κ2) is 16.0. The number of para-hydroxylation sites is 6. The van der Waals surface area contributed by atoms with Crippen LogP contribution in [0, 0.1) is 0 Å². The van der Waals surface area contributed by atoms with Crippen molar-refractivity contribution in [2.75, 3.05) is 4.90 Å². The van der Waals surface area contributed by atoms with Gasteiger partial charge in [0.15, 0.2) is 0 Å². The van der Waals surface area contributed by atoms with Crippen LogP contribution in [0.2, 0.25) is 0 Å². The normalized spacial score (nSPS) is 11.6. The number of hydrogen-bond donors (Lipinski definition) is 0. The first-order valence-corrected chi connectivity index (χ1v) is 22.9. The van der Waals surface area contributed by atoms with Crippen molar-refractivity contribution < 1.29 is 4.42 Å². The van der Waals surface area contributed by atoms with Gasteiger partial charge in [-0.3, -0.25) is 0 Å². The summed E-state index contributed by atoms with van der Waals surface area (Å²) in [6, 6.07) is 91.9. The minimum Gasteiger partial charge on any atom is -0.455 e. The Bertz CT molecular complexity index is 3950. The Morgan fingerprint density at radius 2 is 0.881 bits per heavy atom. The highest BCUT2D eigenvalue weighted by atomic mass is 16.3. The lowest BCUT2D eigenvalue weighted by molar-refractivity contribution is 0.670. The van der Waals surface area contributed by atoms with E-state index in [2.05, 4.69) is 258 Å². The zero-order valence-electron chi connectivity index (χ0n) is 36.6. The molecular weight excluding hydrogens is 813 g/mol. The van der Waals surface area contributed by atoms with Gasteiger partial charge in [0.25, 0.3) is 0 Å². The zero-order valence-corrected chi connectivity index (χ0v) is 36.6. The summed E-state index contributed by atoms with van der Waals surface area (Å²) in [6.45, 7) is 0. The third-order valence-corrected chi connectivity index (χ3v) is 13.4. The number of nitrogens with zero attached hydrogens (tertiary/aromatic N) is 2. The van der Waals surface area contributed by atoms with Crippen LogP contribution < -0.4 is 4.90 Å². The zero-order chi connectivity index (χ0) is 44.3. The van der Waals surface area contributed by atoms with Crippen LogP contribution >= 0.6 is 0 Å². The summed E-state index contributed by atoms with van der Waals surface area (Å²) in [4.78, 5) is 2.39. The topological polar surface area (TPSA) is 21.3 Å². The van der Waals surface area contributed by atoms with Crippen molar-refractivity contribution in [3.8, 4) is 50.2 Å². The van der Waals surface area contributed by atoms with Crippen molar-refractivity contribution in [1.29, 1.82) is 0 Å². The molecule has 0 aliphatic heterocycles. The van der Waals surface area contributed by atoms with Gasteiger partial charge in [0.2, 0.25) is 0 Å². The number of hydrogen-bond acceptors (Lipinski definition) is 2. The third kappa shape index (κ3) is 6.59. The van der Waals surface area contributed by atoms with Gasteiger partial charge in [-0.05, 0) is 105 Å². The Labute approximate surface area is 388 Å². The maximum atomic E-state index is 6.65. The molecule has 0 saturated carbocycles. The van der Waals surface area contributed by atoms with E-state index in [-0.39, 0.29) is 0 Å². The first kappa shape index (κ1) is 38.5. The van der Waals surface area contributed by atoms with Gasteiger partial charge in [-0.15, -0.1) is 0 Å². The Kier molecular flexibility index (Phi) is 9.17. The van der Waals surface area contributed by atoms with Gasteiger partial charge < -0.3 is 13.9 Å². The van der Waals surface area contributed by atoms with Gasteiger partial charge in [-0.2, -0.15) is 0 Å². The molecule has 0 aliphatic carbocycles. The lowest BCUT2D eigenvalue weighted by Gasteiger charge is -2.28. The molecule has 0 fully saturated rings. The monoisotopic (exact) mass is 854 g/mol. The molecule has 11 aromatic carbocycles. The first-order valence-electron chi connectivity index (χ1n) is 22.9. The fraction of sp³-hybridized carbons (Fsp3) is 0. The van der Waals surface area contributed by atoms with Crippen LogP contribution in [-0.2, 0) is 0 Å². The van der Waals surface area contributed by atoms with Crippen LogP contribution in [0.25, 0.3) is 105 Å². The molecule has 0 bridgehead atoms. The number of aromatic nitrogens is 1. The van der Waals surface area contributed by atoms with Gasteiger partial charge >= 0.3 is 0 Å². The van der Waals surface area contributed by atoms with Gasteiger partial charge in [0, 0.05) is 49.6 Å². The van der Waals surface area contributed by atoms with Crippen molar-refractivity contribution in [1.82, 2.24) is 4.57 Å². The van der Waals surface area contributed by atoms with Crippen LogP contribution in [0.3, 0.4) is 0 Å². The van der Waals surface area contributed by atoms with Gasteiger partial charge in [0.05, 0.1) is 22.4 Å². The minimum atomic E-state index is 0.885. The number of furan rings is 1. The van der Waals surface area contributed by atoms with Crippen LogP contribution in [-0.4, -0.2) is 4.57 Å². The molecule has 3 heteroatoms. The molecular formula is C64H42N2O. The lowest BCUT2D eigenvalue weighted by atomic mass is 9.97. The Morgan fingerprint density at radius 3 is 1.70 bits per heavy atom. The molecule has 67 heavy (non-hydrogen) atoms. The maximum absolute atomic E-state index is 6.65. The van der Waals surface area contributed by atoms with E-state index in [1.165, 1.54) is 49.3 Å². The molecule has 314 valence electrons. The van der Waals surface area contributed by atoms with E-state index in [4.69, 9.17) is 4.42 Å². The number of rotatable bonds is 8. The molecule has 0 N–H and O–H groups in total. The predicted molar refractivity (Wildman–Crippen MR) is 282 cm³/mol. The molecule has 0 aliphatic rings. The summed E-state index contributed by atoms with van der Waals surface area (Å²) < 4.78 is 9.06. The number of benzene rings is 11. The van der Waals surface area contributed by atoms with Crippen molar-refractivity contribution in [2.24, 2.45) is 0 Å². The first-order chi connectivity index (χ1) is 33.2. The highest BCUT2D eigenvalue weighted by molar-refractivity contribution is 6.11. The molecule has 3 nitrogen and oxygen atoms in total. The van der Waals surface area contributed by atoms with Gasteiger partial charge in [-0.1, -0.05) is 188 Å². The Hall–Kier alpha value is -8.92. The highest BCUT2D eigenvalue weighted by Gasteiger charge is 2.21. The minimum absolute atomic E-state index is 0.885. The average Bonchev–Trinajstić information content (AvgIpc) is 3.95. The van der Waals surface area contributed by atoms with Gasteiger partial charge in [0.1, 0.15) is 11.2 Å². The molecule has 2 heterocycles. The largest absolute Gasteiger partial charge is 0.455 e. The fourth-order valence-electron chi connectivity index (χ4n) is 10.2. The summed E-state index contributed by atoms with van der Waals surface area (Å²) in [7, 11) is 0. The van der Waals surface area contributed by atoms with E-state index in [0.717, 1.165) is 72.5 Å². The van der Waals surface area contributed by atoms with E-state index in [1.807, 2.05) is 6.07 Å². The second-order valence-electron chi connectivity index (χ2n) is 17.3. The van der Waals surface area contributed by atoms with Crippen molar-refractivity contribution >= 4 is 71.6 Å². The number of anilines is 3. The van der Waals surface area contributed by atoms with Crippen LogP contribution in [0.5, 0.6) is 0 Å². The molecule has 0 radical (unpaired) electrons. The smallest absolute Gasteiger partial charge is 0.143 e. The molecule has 0 amide bonds. The van der Waals surface area contributed by atoms with Crippen LogP contribution in [0.15, 0.2) is 259 Å².